The first-order valence-electron chi connectivity index (χ1n) is 5.57. The van der Waals surface area contributed by atoms with Gasteiger partial charge >= 0.3 is 6.09 Å². The molecule has 1 amide bonds. The maximum absolute atomic E-state index is 10.9. The molecule has 0 bridgehead atoms. The second kappa shape index (κ2) is 5.33. The highest BCUT2D eigenvalue weighted by atomic mass is 16.5. The number of carbonyl (C=O) groups excluding carboxylic acids is 1. The van der Waals surface area contributed by atoms with E-state index in [1.807, 2.05) is 36.4 Å². The topological polar surface area (TPSA) is 78.3 Å². The number of ether oxygens (including phenoxy) is 1. The summed E-state index contributed by atoms with van der Waals surface area (Å²) < 4.78 is 5.00. The predicted octanol–water partition coefficient (Wildman–Crippen LogP) is 2.27. The Hall–Kier alpha value is -2.33. The van der Waals surface area contributed by atoms with Gasteiger partial charge in [0.1, 0.15) is 5.75 Å². The Labute approximate surface area is 105 Å². The zero-order chi connectivity index (χ0) is 13.0. The third-order valence-electron chi connectivity index (χ3n) is 2.63. The number of amides is 1. The summed E-state index contributed by atoms with van der Waals surface area (Å²) in [4.78, 5) is 10.9. The summed E-state index contributed by atoms with van der Waals surface area (Å²) in [5.41, 5.74) is 13.5. The number of para-hydroxylation sites is 1. The van der Waals surface area contributed by atoms with Crippen LogP contribution < -0.4 is 16.2 Å². The van der Waals surface area contributed by atoms with Crippen LogP contribution in [0.25, 0.3) is 11.1 Å². The quantitative estimate of drug-likeness (QED) is 0.866. The van der Waals surface area contributed by atoms with E-state index in [9.17, 15) is 4.79 Å². The molecular weight excluding hydrogens is 228 g/mol. The van der Waals surface area contributed by atoms with Crippen molar-refractivity contribution in [3.63, 3.8) is 0 Å². The Morgan fingerprint density at radius 2 is 1.61 bits per heavy atom. The summed E-state index contributed by atoms with van der Waals surface area (Å²) in [7, 11) is 0. The molecule has 0 spiro atoms. The van der Waals surface area contributed by atoms with E-state index in [0.29, 0.717) is 12.3 Å². The first-order chi connectivity index (χ1) is 8.72. The van der Waals surface area contributed by atoms with Crippen LogP contribution in [0.5, 0.6) is 5.75 Å². The van der Waals surface area contributed by atoms with Gasteiger partial charge in [-0.2, -0.15) is 0 Å². The molecule has 2 aromatic rings. The van der Waals surface area contributed by atoms with E-state index in [-0.39, 0.29) is 0 Å². The number of benzene rings is 2. The van der Waals surface area contributed by atoms with Gasteiger partial charge in [0.2, 0.25) is 0 Å². The third-order valence-corrected chi connectivity index (χ3v) is 2.63. The lowest BCUT2D eigenvalue weighted by atomic mass is 9.99. The first-order valence-corrected chi connectivity index (χ1v) is 5.57. The summed E-state index contributed by atoms with van der Waals surface area (Å²) in [5.74, 6) is 0.436. The molecular formula is C14H14N2O2. The highest BCUT2D eigenvalue weighted by molar-refractivity contribution is 5.77. The van der Waals surface area contributed by atoms with Crippen molar-refractivity contribution in [3.05, 3.63) is 54.1 Å². The van der Waals surface area contributed by atoms with Crippen LogP contribution in [-0.4, -0.2) is 6.09 Å². The molecule has 0 aromatic heterocycles. The first kappa shape index (κ1) is 12.1. The maximum Gasteiger partial charge on any atom is 0.409 e. The van der Waals surface area contributed by atoms with Crippen molar-refractivity contribution >= 4 is 6.09 Å². The number of primary amides is 1. The van der Waals surface area contributed by atoms with Crippen LogP contribution in [0.1, 0.15) is 5.56 Å². The van der Waals surface area contributed by atoms with E-state index in [1.54, 1.807) is 12.1 Å². The van der Waals surface area contributed by atoms with Gasteiger partial charge in [0.15, 0.2) is 0 Å². The fourth-order valence-corrected chi connectivity index (χ4v) is 1.85. The van der Waals surface area contributed by atoms with Crippen molar-refractivity contribution in [2.24, 2.45) is 11.5 Å². The van der Waals surface area contributed by atoms with Crippen LogP contribution in [0.2, 0.25) is 0 Å². The van der Waals surface area contributed by atoms with Crippen molar-refractivity contribution in [2.75, 3.05) is 0 Å². The lowest BCUT2D eigenvalue weighted by Gasteiger charge is -2.11. The van der Waals surface area contributed by atoms with Gasteiger partial charge in [0.25, 0.3) is 0 Å². The van der Waals surface area contributed by atoms with Crippen LogP contribution in [0.15, 0.2) is 48.5 Å². The summed E-state index contributed by atoms with van der Waals surface area (Å²) in [6.45, 7) is 0.418. The van der Waals surface area contributed by atoms with E-state index >= 15 is 0 Å². The Morgan fingerprint density at radius 1 is 1.00 bits per heavy atom. The van der Waals surface area contributed by atoms with Crippen LogP contribution in [-0.2, 0) is 6.54 Å². The van der Waals surface area contributed by atoms with Gasteiger partial charge in [-0.25, -0.2) is 4.79 Å². The maximum atomic E-state index is 10.9. The second-order valence-electron chi connectivity index (χ2n) is 3.78. The SMILES string of the molecule is NCc1ccccc1-c1ccccc1OC(N)=O. The molecule has 0 saturated carbocycles. The summed E-state index contributed by atoms with van der Waals surface area (Å²) >= 11 is 0. The molecule has 2 aromatic carbocycles. The van der Waals surface area contributed by atoms with Gasteiger partial charge in [-0.05, 0) is 17.2 Å². The molecule has 0 radical (unpaired) electrons. The minimum atomic E-state index is -0.826. The van der Waals surface area contributed by atoms with E-state index < -0.39 is 6.09 Å². The summed E-state index contributed by atoms with van der Waals surface area (Å²) in [6, 6.07) is 14.9. The molecule has 4 heteroatoms. The summed E-state index contributed by atoms with van der Waals surface area (Å²) in [6.07, 6.45) is -0.826. The molecule has 0 aliphatic heterocycles. The monoisotopic (exact) mass is 242 g/mol. The highest BCUT2D eigenvalue weighted by Crippen LogP contribution is 2.32. The van der Waals surface area contributed by atoms with E-state index in [0.717, 1.165) is 16.7 Å². The van der Waals surface area contributed by atoms with Crippen molar-refractivity contribution in [3.8, 4) is 16.9 Å². The molecule has 4 nitrogen and oxygen atoms in total. The zero-order valence-electron chi connectivity index (χ0n) is 9.80. The average Bonchev–Trinajstić information content (AvgIpc) is 2.39. The molecule has 0 aliphatic carbocycles. The van der Waals surface area contributed by atoms with E-state index in [2.05, 4.69) is 0 Å². The van der Waals surface area contributed by atoms with Crippen molar-refractivity contribution in [1.82, 2.24) is 0 Å². The Morgan fingerprint density at radius 3 is 2.28 bits per heavy atom. The van der Waals surface area contributed by atoms with Crippen molar-refractivity contribution in [1.29, 1.82) is 0 Å². The molecule has 2 rings (SSSR count). The van der Waals surface area contributed by atoms with Crippen LogP contribution in [0.3, 0.4) is 0 Å². The van der Waals surface area contributed by atoms with E-state index in [1.165, 1.54) is 0 Å². The number of nitrogens with two attached hydrogens (primary N) is 2. The molecule has 18 heavy (non-hydrogen) atoms. The van der Waals surface area contributed by atoms with E-state index in [4.69, 9.17) is 16.2 Å². The number of hydrogen-bond acceptors (Lipinski definition) is 3. The van der Waals surface area contributed by atoms with Crippen LogP contribution in [0, 0.1) is 0 Å². The minimum Gasteiger partial charge on any atom is -0.410 e. The lowest BCUT2D eigenvalue weighted by Crippen LogP contribution is -2.16. The Bertz CT molecular complexity index is 567. The van der Waals surface area contributed by atoms with Crippen molar-refractivity contribution < 1.29 is 9.53 Å². The minimum absolute atomic E-state index is 0.418. The number of hydrogen-bond donors (Lipinski definition) is 2. The standard InChI is InChI=1S/C14H14N2O2/c15-9-10-5-1-2-6-11(10)12-7-3-4-8-13(12)18-14(16)17/h1-8H,9,15H2,(H2,16,17). The Balaban J connectivity index is 2.53. The number of carbonyl (C=O) groups is 1. The average molecular weight is 242 g/mol. The van der Waals surface area contributed by atoms with Crippen LogP contribution >= 0.6 is 0 Å². The second-order valence-corrected chi connectivity index (χ2v) is 3.78. The molecule has 0 aliphatic rings. The third kappa shape index (κ3) is 2.49. The molecule has 0 fully saturated rings. The molecule has 0 heterocycles. The molecule has 0 atom stereocenters. The van der Waals surface area contributed by atoms with Gasteiger partial charge in [0.05, 0.1) is 0 Å². The largest absolute Gasteiger partial charge is 0.410 e. The Kier molecular flexibility index (Phi) is 3.60. The molecule has 0 unspecified atom stereocenters. The summed E-state index contributed by atoms with van der Waals surface area (Å²) in [5, 5.41) is 0. The molecule has 4 N–H and O–H groups in total. The highest BCUT2D eigenvalue weighted by Gasteiger charge is 2.10. The van der Waals surface area contributed by atoms with Crippen molar-refractivity contribution in [2.45, 2.75) is 6.54 Å². The van der Waals surface area contributed by atoms with Gasteiger partial charge in [-0.1, -0.05) is 42.5 Å². The van der Waals surface area contributed by atoms with Gasteiger partial charge in [0, 0.05) is 12.1 Å². The normalized spacial score (nSPS) is 10.1. The fraction of sp³-hybridized carbons (Fsp3) is 0.0714. The molecule has 92 valence electrons. The molecule has 0 saturated heterocycles. The lowest BCUT2D eigenvalue weighted by molar-refractivity contribution is 0.211. The zero-order valence-corrected chi connectivity index (χ0v) is 9.80. The fourth-order valence-electron chi connectivity index (χ4n) is 1.85. The predicted molar refractivity (Wildman–Crippen MR) is 70.0 cm³/mol. The smallest absolute Gasteiger partial charge is 0.409 e. The van der Waals surface area contributed by atoms with Crippen LogP contribution in [0.4, 0.5) is 4.79 Å². The van der Waals surface area contributed by atoms with Gasteiger partial charge in [-0.15, -0.1) is 0 Å². The van der Waals surface area contributed by atoms with Gasteiger partial charge < -0.3 is 16.2 Å². The van der Waals surface area contributed by atoms with Gasteiger partial charge in [-0.3, -0.25) is 0 Å². The number of rotatable bonds is 3.